The van der Waals surface area contributed by atoms with E-state index in [1.807, 2.05) is 18.2 Å². The second-order valence-electron chi connectivity index (χ2n) is 7.03. The minimum atomic E-state index is -0.176. The van der Waals surface area contributed by atoms with Gasteiger partial charge in [-0.25, -0.2) is 0 Å². The minimum absolute atomic E-state index is 0.0220. The molecule has 1 aromatic rings. The van der Waals surface area contributed by atoms with Crippen molar-refractivity contribution < 1.29 is 14.3 Å². The maximum absolute atomic E-state index is 12.7. The average Bonchev–Trinajstić information content (AvgIpc) is 2.44. The lowest BCUT2D eigenvalue weighted by molar-refractivity contribution is -0.122. The molecule has 4 nitrogen and oxygen atoms in total. The second kappa shape index (κ2) is 5.78. The van der Waals surface area contributed by atoms with Crippen molar-refractivity contribution >= 4 is 27.6 Å². The van der Waals surface area contributed by atoms with Gasteiger partial charge in [0.05, 0.1) is 11.6 Å². The summed E-state index contributed by atoms with van der Waals surface area (Å²) in [6.07, 6.45) is 1.56. The molecule has 1 N–H and O–H groups in total. The Morgan fingerprint density at radius 2 is 2.00 bits per heavy atom. The molecule has 0 fully saturated rings. The van der Waals surface area contributed by atoms with Crippen LogP contribution in [0.3, 0.4) is 0 Å². The average molecular weight is 378 g/mol. The molecule has 0 bridgehead atoms. The number of allylic oxidation sites excluding steroid dienone is 2. The van der Waals surface area contributed by atoms with Gasteiger partial charge >= 0.3 is 0 Å². The van der Waals surface area contributed by atoms with E-state index in [9.17, 15) is 9.59 Å². The molecule has 1 aliphatic carbocycles. The number of carbonyl (C=O) groups is 2. The van der Waals surface area contributed by atoms with Crippen molar-refractivity contribution in [1.29, 1.82) is 0 Å². The summed E-state index contributed by atoms with van der Waals surface area (Å²) in [5.41, 5.74) is 2.44. The Morgan fingerprint density at radius 1 is 1.26 bits per heavy atom. The second-order valence-corrected chi connectivity index (χ2v) is 7.89. The van der Waals surface area contributed by atoms with Crippen molar-refractivity contribution in [3.8, 4) is 5.75 Å². The fourth-order valence-electron chi connectivity index (χ4n) is 3.54. The number of rotatable bonds is 2. The van der Waals surface area contributed by atoms with Crippen LogP contribution in [0.4, 0.5) is 0 Å². The zero-order valence-electron chi connectivity index (χ0n) is 13.5. The van der Waals surface area contributed by atoms with Gasteiger partial charge in [0, 0.05) is 30.0 Å². The van der Waals surface area contributed by atoms with Crippen LogP contribution in [0.5, 0.6) is 5.75 Å². The monoisotopic (exact) mass is 377 g/mol. The maximum Gasteiger partial charge on any atom is 0.225 e. The summed E-state index contributed by atoms with van der Waals surface area (Å²) < 4.78 is 6.09. The van der Waals surface area contributed by atoms with Crippen LogP contribution in [0, 0.1) is 5.41 Å². The molecule has 2 aliphatic rings. The number of ether oxygens (including phenoxy) is 1. The van der Waals surface area contributed by atoms with Crippen LogP contribution >= 0.6 is 15.9 Å². The number of hydrogen-bond acceptors (Lipinski definition) is 3. The zero-order valence-corrected chi connectivity index (χ0v) is 15.1. The van der Waals surface area contributed by atoms with Crippen LogP contribution in [-0.2, 0) is 9.59 Å². The highest BCUT2D eigenvalue weighted by atomic mass is 79.9. The summed E-state index contributed by atoms with van der Waals surface area (Å²) in [4.78, 5) is 24.8. The van der Waals surface area contributed by atoms with E-state index >= 15 is 0 Å². The molecule has 0 saturated heterocycles. The fraction of sp³-hybridized carbons (Fsp3) is 0.444. The van der Waals surface area contributed by atoms with Crippen molar-refractivity contribution in [3.05, 3.63) is 39.5 Å². The first-order chi connectivity index (χ1) is 10.8. The number of Topliss-reactive ketones (excluding diaryl/α,β-unsaturated/α-hetero) is 1. The first-order valence-corrected chi connectivity index (χ1v) is 8.49. The normalized spacial score (nSPS) is 23.4. The fourth-order valence-corrected chi connectivity index (χ4v) is 4.10. The summed E-state index contributed by atoms with van der Waals surface area (Å²) in [7, 11) is 1.61. The quantitative estimate of drug-likeness (QED) is 0.854. The van der Waals surface area contributed by atoms with Gasteiger partial charge in [-0.05, 0) is 45.5 Å². The van der Waals surface area contributed by atoms with Crippen LogP contribution < -0.4 is 10.1 Å². The first kappa shape index (κ1) is 16.2. The van der Waals surface area contributed by atoms with Crippen molar-refractivity contribution in [3.63, 3.8) is 0 Å². The van der Waals surface area contributed by atoms with Gasteiger partial charge < -0.3 is 10.1 Å². The van der Waals surface area contributed by atoms with Crippen LogP contribution in [0.15, 0.2) is 33.9 Å². The van der Waals surface area contributed by atoms with E-state index in [1.165, 1.54) is 0 Å². The van der Waals surface area contributed by atoms with Gasteiger partial charge in [-0.1, -0.05) is 19.9 Å². The van der Waals surface area contributed by atoms with E-state index in [-0.39, 0.29) is 23.0 Å². The highest BCUT2D eigenvalue weighted by Crippen LogP contribution is 2.44. The lowest BCUT2D eigenvalue weighted by Gasteiger charge is -2.37. The number of hydrogen-bond donors (Lipinski definition) is 1. The molecule has 0 unspecified atom stereocenters. The number of ketones is 1. The van der Waals surface area contributed by atoms with Gasteiger partial charge in [0.1, 0.15) is 5.75 Å². The lowest BCUT2D eigenvalue weighted by atomic mass is 9.70. The SMILES string of the molecule is COc1ccc([C@H]2CC(=O)NC3=C2C(=O)CC(C)(C)C3)cc1Br. The van der Waals surface area contributed by atoms with Gasteiger partial charge in [-0.3, -0.25) is 9.59 Å². The van der Waals surface area contributed by atoms with E-state index < -0.39 is 0 Å². The summed E-state index contributed by atoms with van der Waals surface area (Å²) in [5, 5.41) is 2.92. The van der Waals surface area contributed by atoms with Gasteiger partial charge in [-0.2, -0.15) is 0 Å². The first-order valence-electron chi connectivity index (χ1n) is 7.70. The number of halogens is 1. The van der Waals surface area contributed by atoms with Crippen molar-refractivity contribution in [2.75, 3.05) is 7.11 Å². The maximum atomic E-state index is 12.7. The largest absolute Gasteiger partial charge is 0.496 e. The van der Waals surface area contributed by atoms with E-state index in [0.717, 1.165) is 33.5 Å². The van der Waals surface area contributed by atoms with E-state index in [4.69, 9.17) is 4.74 Å². The minimum Gasteiger partial charge on any atom is -0.496 e. The van der Waals surface area contributed by atoms with Crippen LogP contribution in [-0.4, -0.2) is 18.8 Å². The molecule has 1 heterocycles. The Labute approximate surface area is 144 Å². The predicted octanol–water partition coefficient (Wildman–Crippen LogP) is 3.70. The molecule has 0 saturated carbocycles. The summed E-state index contributed by atoms with van der Waals surface area (Å²) in [6, 6.07) is 5.74. The topological polar surface area (TPSA) is 55.4 Å². The Bertz CT molecular complexity index is 721. The molecule has 0 aromatic heterocycles. The third-order valence-corrected chi connectivity index (χ3v) is 5.15. The molecule has 1 aromatic carbocycles. The molecule has 1 amide bonds. The number of nitrogens with one attached hydrogen (secondary N) is 1. The molecule has 3 rings (SSSR count). The van der Waals surface area contributed by atoms with Gasteiger partial charge in [-0.15, -0.1) is 0 Å². The van der Waals surface area contributed by atoms with Crippen LogP contribution in [0.25, 0.3) is 0 Å². The molecular weight excluding hydrogens is 358 g/mol. The third-order valence-electron chi connectivity index (χ3n) is 4.53. The summed E-state index contributed by atoms with van der Waals surface area (Å²) in [6.45, 7) is 4.13. The lowest BCUT2D eigenvalue weighted by Crippen LogP contribution is -2.40. The molecule has 1 atom stereocenters. The van der Waals surface area contributed by atoms with Gasteiger partial charge in [0.25, 0.3) is 0 Å². The predicted molar refractivity (Wildman–Crippen MR) is 91.2 cm³/mol. The van der Waals surface area contributed by atoms with Crippen LogP contribution in [0.2, 0.25) is 0 Å². The van der Waals surface area contributed by atoms with Crippen LogP contribution in [0.1, 0.15) is 44.6 Å². The molecular formula is C18H20BrNO3. The molecule has 5 heteroatoms. The molecule has 1 aliphatic heterocycles. The number of methoxy groups -OCH3 is 1. The number of amides is 1. The third kappa shape index (κ3) is 3.07. The molecule has 23 heavy (non-hydrogen) atoms. The van der Waals surface area contributed by atoms with Gasteiger partial charge in [0.2, 0.25) is 5.91 Å². The van der Waals surface area contributed by atoms with Crippen molar-refractivity contribution in [2.24, 2.45) is 5.41 Å². The summed E-state index contributed by atoms with van der Waals surface area (Å²) in [5.74, 6) is 0.684. The molecule has 0 radical (unpaired) electrons. The standard InChI is InChI=1S/C18H20BrNO3/c1-18(2)8-13-17(14(21)9-18)11(7-16(22)20-13)10-4-5-15(23-3)12(19)6-10/h4-6,11H,7-9H2,1-3H3,(H,20,22)/t11-/m1/s1. The van der Waals surface area contributed by atoms with Crippen molar-refractivity contribution in [1.82, 2.24) is 5.32 Å². The Balaban J connectivity index is 2.06. The van der Waals surface area contributed by atoms with Crippen molar-refractivity contribution in [2.45, 2.75) is 39.0 Å². The number of carbonyl (C=O) groups excluding carboxylic acids is 2. The van der Waals surface area contributed by atoms with Gasteiger partial charge in [0.15, 0.2) is 5.78 Å². The highest BCUT2D eigenvalue weighted by molar-refractivity contribution is 9.10. The molecule has 122 valence electrons. The Hall–Kier alpha value is -1.62. The smallest absolute Gasteiger partial charge is 0.225 e. The van der Waals surface area contributed by atoms with E-state index in [2.05, 4.69) is 35.1 Å². The van der Waals surface area contributed by atoms with E-state index in [1.54, 1.807) is 7.11 Å². The number of benzene rings is 1. The molecule has 0 spiro atoms. The Kier molecular flexibility index (Phi) is 4.08. The Morgan fingerprint density at radius 3 is 2.65 bits per heavy atom. The summed E-state index contributed by atoms with van der Waals surface area (Å²) >= 11 is 3.48. The highest BCUT2D eigenvalue weighted by Gasteiger charge is 2.40. The van der Waals surface area contributed by atoms with E-state index in [0.29, 0.717) is 12.8 Å². The zero-order chi connectivity index (χ0) is 16.8.